The summed E-state index contributed by atoms with van der Waals surface area (Å²) in [5.74, 6) is 2.88. The third-order valence-corrected chi connectivity index (χ3v) is 5.79. The minimum atomic E-state index is -1.04. The van der Waals surface area contributed by atoms with Crippen molar-refractivity contribution in [2.45, 2.75) is 33.7 Å². The van der Waals surface area contributed by atoms with Crippen molar-refractivity contribution < 1.29 is 18.0 Å². The van der Waals surface area contributed by atoms with Gasteiger partial charge >= 0.3 is 0 Å². The molecule has 0 radical (unpaired) electrons. The molecule has 4 aromatic rings. The standard InChI is InChI=1S/C26H24F2N4O3/c1-12-9-17(15(4)31-21-8-5-13(2)30-22(21)26(34)32-29)25-18(10-12)23(33)14(3)24(35-25)16-6-7-19(27)20(28)11-16/h5-11,15,31H,29H2,1-4H3,(H,32,34)/t15-/m1/s1. The molecule has 0 bridgehead atoms. The number of pyridine rings is 1. The van der Waals surface area contributed by atoms with Crippen LogP contribution in [-0.2, 0) is 0 Å². The summed E-state index contributed by atoms with van der Waals surface area (Å²) in [6.45, 7) is 7.04. The number of amides is 1. The van der Waals surface area contributed by atoms with E-state index >= 15 is 0 Å². The molecule has 1 atom stereocenters. The minimum absolute atomic E-state index is 0.121. The number of halogens is 2. The highest BCUT2D eigenvalue weighted by Gasteiger charge is 2.21. The number of aryl methyl sites for hydroxylation is 2. The Morgan fingerprint density at radius 3 is 2.49 bits per heavy atom. The fourth-order valence-electron chi connectivity index (χ4n) is 4.03. The van der Waals surface area contributed by atoms with E-state index in [0.717, 1.165) is 17.7 Å². The van der Waals surface area contributed by atoms with Crippen LogP contribution in [0.1, 0.15) is 45.8 Å². The van der Waals surface area contributed by atoms with Crippen LogP contribution in [0.25, 0.3) is 22.3 Å². The van der Waals surface area contributed by atoms with E-state index in [0.29, 0.717) is 27.9 Å². The Bertz CT molecular complexity index is 1530. The lowest BCUT2D eigenvalue weighted by Crippen LogP contribution is -2.31. The van der Waals surface area contributed by atoms with Crippen molar-refractivity contribution in [2.24, 2.45) is 5.84 Å². The first kappa shape index (κ1) is 24.0. The number of hydrogen-bond donors (Lipinski definition) is 3. The second-order valence-electron chi connectivity index (χ2n) is 8.43. The molecule has 0 aliphatic rings. The average Bonchev–Trinajstić information content (AvgIpc) is 2.83. The molecule has 35 heavy (non-hydrogen) atoms. The van der Waals surface area contributed by atoms with E-state index in [1.165, 1.54) is 6.07 Å². The van der Waals surface area contributed by atoms with Gasteiger partial charge in [0.1, 0.15) is 11.3 Å². The van der Waals surface area contributed by atoms with Crippen LogP contribution >= 0.6 is 0 Å². The average molecular weight is 478 g/mol. The molecule has 180 valence electrons. The summed E-state index contributed by atoms with van der Waals surface area (Å²) in [4.78, 5) is 29.8. The van der Waals surface area contributed by atoms with E-state index in [2.05, 4.69) is 15.7 Å². The minimum Gasteiger partial charge on any atom is -0.455 e. The summed E-state index contributed by atoms with van der Waals surface area (Å²) in [7, 11) is 0. The Morgan fingerprint density at radius 1 is 1.06 bits per heavy atom. The summed E-state index contributed by atoms with van der Waals surface area (Å²) >= 11 is 0. The van der Waals surface area contributed by atoms with Crippen molar-refractivity contribution in [3.63, 3.8) is 0 Å². The lowest BCUT2D eigenvalue weighted by atomic mass is 9.98. The monoisotopic (exact) mass is 478 g/mol. The predicted octanol–water partition coefficient (Wildman–Crippen LogP) is 4.84. The van der Waals surface area contributed by atoms with Crippen LogP contribution in [-0.4, -0.2) is 10.9 Å². The number of benzene rings is 2. The second-order valence-corrected chi connectivity index (χ2v) is 8.43. The number of hydrazine groups is 1. The number of nitrogens with one attached hydrogen (secondary N) is 2. The molecule has 4 N–H and O–H groups in total. The molecule has 9 heteroatoms. The number of hydrogen-bond acceptors (Lipinski definition) is 6. The second kappa shape index (κ2) is 9.27. The number of carbonyl (C=O) groups excluding carboxylic acids is 1. The van der Waals surface area contributed by atoms with Gasteiger partial charge in [-0.25, -0.2) is 19.6 Å². The fourth-order valence-corrected chi connectivity index (χ4v) is 4.03. The maximum absolute atomic E-state index is 13.9. The molecular formula is C26H24F2N4O3. The third kappa shape index (κ3) is 4.50. The summed E-state index contributed by atoms with van der Waals surface area (Å²) in [6, 6.07) is 9.96. The molecular weight excluding hydrogens is 454 g/mol. The Labute approximate surface area is 200 Å². The van der Waals surface area contributed by atoms with Crippen molar-refractivity contribution in [3.05, 3.63) is 92.4 Å². The quantitative estimate of drug-likeness (QED) is 0.215. The zero-order valence-electron chi connectivity index (χ0n) is 19.6. The number of anilines is 1. The zero-order valence-corrected chi connectivity index (χ0v) is 19.6. The largest absolute Gasteiger partial charge is 0.455 e. The number of nitrogens with two attached hydrogens (primary N) is 1. The van der Waals surface area contributed by atoms with Gasteiger partial charge in [0.2, 0.25) is 0 Å². The topological polar surface area (TPSA) is 110 Å². The van der Waals surface area contributed by atoms with E-state index in [-0.39, 0.29) is 28.0 Å². The zero-order chi connectivity index (χ0) is 25.4. The third-order valence-electron chi connectivity index (χ3n) is 5.79. The van der Waals surface area contributed by atoms with Crippen LogP contribution in [0.3, 0.4) is 0 Å². The van der Waals surface area contributed by atoms with E-state index in [4.69, 9.17) is 10.3 Å². The molecule has 2 aromatic carbocycles. The van der Waals surface area contributed by atoms with E-state index in [9.17, 15) is 18.4 Å². The summed E-state index contributed by atoms with van der Waals surface area (Å²) < 4.78 is 33.6. The summed E-state index contributed by atoms with van der Waals surface area (Å²) in [5.41, 5.74) is 5.32. The van der Waals surface area contributed by atoms with Gasteiger partial charge in [0.15, 0.2) is 22.8 Å². The van der Waals surface area contributed by atoms with Crippen LogP contribution in [0.5, 0.6) is 0 Å². The Balaban J connectivity index is 1.88. The van der Waals surface area contributed by atoms with Crippen LogP contribution < -0.4 is 22.0 Å². The molecule has 2 heterocycles. The van der Waals surface area contributed by atoms with Gasteiger partial charge in [0.25, 0.3) is 5.91 Å². The highest BCUT2D eigenvalue weighted by atomic mass is 19.2. The first-order valence-corrected chi connectivity index (χ1v) is 10.9. The van der Waals surface area contributed by atoms with E-state index < -0.39 is 23.6 Å². The number of nitrogen functional groups attached to an aromatic ring is 1. The maximum atomic E-state index is 13.9. The van der Waals surface area contributed by atoms with Crippen LogP contribution in [0.15, 0.2) is 51.7 Å². The van der Waals surface area contributed by atoms with Crippen molar-refractivity contribution in [2.75, 3.05) is 5.32 Å². The number of rotatable bonds is 5. The lowest BCUT2D eigenvalue weighted by molar-refractivity contribution is 0.0949. The van der Waals surface area contributed by atoms with Crippen LogP contribution in [0.2, 0.25) is 0 Å². The number of fused-ring (bicyclic) bond motifs is 1. The van der Waals surface area contributed by atoms with E-state index in [1.54, 1.807) is 32.0 Å². The molecule has 7 nitrogen and oxygen atoms in total. The molecule has 0 saturated heterocycles. The predicted molar refractivity (Wildman–Crippen MR) is 130 cm³/mol. The molecule has 4 rings (SSSR count). The fraction of sp³-hybridized carbons (Fsp3) is 0.192. The first-order valence-electron chi connectivity index (χ1n) is 10.9. The highest BCUT2D eigenvalue weighted by Crippen LogP contribution is 2.33. The van der Waals surface area contributed by atoms with Gasteiger partial charge in [-0.05, 0) is 69.7 Å². The first-order chi connectivity index (χ1) is 16.6. The van der Waals surface area contributed by atoms with Gasteiger partial charge in [-0.1, -0.05) is 6.07 Å². The molecule has 0 unspecified atom stereocenters. The van der Waals surface area contributed by atoms with Crippen molar-refractivity contribution in [3.8, 4) is 11.3 Å². The van der Waals surface area contributed by atoms with Crippen molar-refractivity contribution in [1.29, 1.82) is 0 Å². The van der Waals surface area contributed by atoms with E-state index in [1.807, 2.05) is 19.9 Å². The summed E-state index contributed by atoms with van der Waals surface area (Å²) in [6.07, 6.45) is 0. The van der Waals surface area contributed by atoms with Gasteiger partial charge < -0.3 is 9.73 Å². The van der Waals surface area contributed by atoms with Crippen LogP contribution in [0.4, 0.5) is 14.5 Å². The Morgan fingerprint density at radius 2 is 1.80 bits per heavy atom. The number of carbonyl (C=O) groups is 1. The molecule has 2 aromatic heterocycles. The highest BCUT2D eigenvalue weighted by molar-refractivity contribution is 5.97. The SMILES string of the molecule is Cc1cc([C@@H](C)Nc2ccc(C)nc2C(=O)NN)c2oc(-c3ccc(F)c(F)c3)c(C)c(=O)c2c1. The van der Waals surface area contributed by atoms with Gasteiger partial charge in [-0.15, -0.1) is 0 Å². The molecule has 0 fully saturated rings. The maximum Gasteiger partial charge on any atom is 0.285 e. The van der Waals surface area contributed by atoms with Crippen LogP contribution in [0, 0.1) is 32.4 Å². The molecule has 0 saturated carbocycles. The van der Waals surface area contributed by atoms with Gasteiger partial charge in [0, 0.05) is 22.4 Å². The number of nitrogens with zero attached hydrogens (tertiary/aromatic N) is 1. The smallest absolute Gasteiger partial charge is 0.285 e. The molecule has 0 aliphatic carbocycles. The van der Waals surface area contributed by atoms with Crippen molar-refractivity contribution >= 4 is 22.6 Å². The lowest BCUT2D eigenvalue weighted by Gasteiger charge is -2.20. The summed E-state index contributed by atoms with van der Waals surface area (Å²) in [5, 5.41) is 3.61. The molecule has 0 aliphatic heterocycles. The van der Waals surface area contributed by atoms with Crippen molar-refractivity contribution in [1.82, 2.24) is 10.4 Å². The van der Waals surface area contributed by atoms with Gasteiger partial charge in [-0.3, -0.25) is 15.0 Å². The Hall–Kier alpha value is -4.11. The molecule has 0 spiro atoms. The number of aromatic nitrogens is 1. The Kier molecular flexibility index (Phi) is 6.36. The normalized spacial score (nSPS) is 12.0. The van der Waals surface area contributed by atoms with Gasteiger partial charge in [0.05, 0.1) is 17.1 Å². The van der Waals surface area contributed by atoms with Gasteiger partial charge in [-0.2, -0.15) is 0 Å². The molecule has 1 amide bonds.